The predicted octanol–water partition coefficient (Wildman–Crippen LogP) is 9.50. The minimum absolute atomic E-state index is 0.00760. The Morgan fingerprint density at radius 2 is 1.57 bits per heavy atom. The zero-order chi connectivity index (χ0) is 31.6. The zero-order valence-electron chi connectivity index (χ0n) is 26.7. The van der Waals surface area contributed by atoms with E-state index in [9.17, 15) is 0 Å². The molecule has 0 atom stereocenters. The Kier molecular flexibility index (Phi) is 6.26. The number of pyridine rings is 1. The summed E-state index contributed by atoms with van der Waals surface area (Å²) in [4.78, 5) is 11.6. The van der Waals surface area contributed by atoms with Crippen LogP contribution >= 0.6 is 0 Å². The lowest BCUT2D eigenvalue weighted by Gasteiger charge is -2.28. The normalized spacial score (nSPS) is 15.4. The Morgan fingerprint density at radius 1 is 0.783 bits per heavy atom. The molecule has 2 aliphatic heterocycles. The van der Waals surface area contributed by atoms with E-state index in [1.165, 1.54) is 16.5 Å². The van der Waals surface area contributed by atoms with Crippen molar-refractivity contribution in [3.8, 4) is 17.3 Å². The second kappa shape index (κ2) is 10.3. The largest absolute Gasteiger partial charge is 0.458 e. The Labute approximate surface area is 269 Å². The molecular weight excluding hydrogens is 566 g/mol. The maximum atomic E-state index is 6.59. The molecule has 46 heavy (non-hydrogen) atoms. The van der Waals surface area contributed by atoms with Gasteiger partial charge in [0.05, 0.1) is 17.2 Å². The second-order valence-corrected chi connectivity index (χ2v) is 13.5. The van der Waals surface area contributed by atoms with Crippen LogP contribution in [0.2, 0.25) is 0 Å². The first-order valence-corrected chi connectivity index (χ1v) is 15.7. The summed E-state index contributed by atoms with van der Waals surface area (Å²) in [5.41, 5.74) is 6.29. The molecule has 226 valence electrons. The van der Waals surface area contributed by atoms with Gasteiger partial charge in [-0.3, -0.25) is 4.57 Å². The molecule has 4 heterocycles. The molecule has 8 rings (SSSR count). The Hall–Kier alpha value is -5.49. The molecule has 6 nitrogen and oxygen atoms in total. The highest BCUT2D eigenvalue weighted by Crippen LogP contribution is 2.41. The van der Waals surface area contributed by atoms with Crippen LogP contribution in [0.15, 0.2) is 127 Å². The van der Waals surface area contributed by atoms with Crippen LogP contribution < -0.4 is 9.64 Å². The quantitative estimate of drug-likeness (QED) is 0.149. The SMILES string of the molecule is CC(C)(C)c1ccnc(-n2c3ccccc3c3ccc(Oc4cccc(N5[C-]=[N+]6C=CN=C6C(C)(C)c6ccccc65)c4)cc32)c1. The van der Waals surface area contributed by atoms with Gasteiger partial charge in [0.1, 0.15) is 17.3 Å². The Bertz CT molecular complexity index is 2260. The van der Waals surface area contributed by atoms with Crippen LogP contribution in [0.3, 0.4) is 0 Å². The average Bonchev–Trinajstić information content (AvgIpc) is 3.64. The van der Waals surface area contributed by atoms with Crippen LogP contribution in [0.4, 0.5) is 11.4 Å². The summed E-state index contributed by atoms with van der Waals surface area (Å²) in [6.45, 7) is 11.1. The second-order valence-electron chi connectivity index (χ2n) is 13.5. The number of para-hydroxylation sites is 2. The molecule has 0 saturated carbocycles. The molecule has 6 heteroatoms. The number of nitrogens with zero attached hydrogens (tertiary/aromatic N) is 5. The molecule has 0 radical (unpaired) electrons. The molecule has 0 unspecified atom stereocenters. The number of fused-ring (bicyclic) bond motifs is 5. The highest BCUT2D eigenvalue weighted by molar-refractivity contribution is 6.09. The van der Waals surface area contributed by atoms with Gasteiger partial charge >= 0.3 is 0 Å². The van der Waals surface area contributed by atoms with Crippen LogP contribution in [-0.2, 0) is 10.8 Å². The van der Waals surface area contributed by atoms with Gasteiger partial charge in [0.2, 0.25) is 0 Å². The number of benzene rings is 4. The number of ether oxygens (including phenoxy) is 1. The number of amidine groups is 1. The highest BCUT2D eigenvalue weighted by atomic mass is 16.5. The third kappa shape index (κ3) is 4.52. The third-order valence-electron chi connectivity index (χ3n) is 9.02. The predicted molar refractivity (Wildman–Crippen MR) is 187 cm³/mol. The lowest BCUT2D eigenvalue weighted by Crippen LogP contribution is -2.33. The van der Waals surface area contributed by atoms with Crippen LogP contribution in [0.5, 0.6) is 11.5 Å². The van der Waals surface area contributed by atoms with Gasteiger partial charge in [0.15, 0.2) is 12.2 Å². The molecule has 2 aromatic heterocycles. The van der Waals surface area contributed by atoms with Crippen molar-refractivity contribution >= 4 is 45.4 Å². The van der Waals surface area contributed by atoms with Crippen molar-refractivity contribution in [3.63, 3.8) is 0 Å². The minimum atomic E-state index is -0.301. The molecule has 2 aliphatic rings. The molecule has 0 bridgehead atoms. The fourth-order valence-electron chi connectivity index (χ4n) is 6.61. The van der Waals surface area contributed by atoms with Crippen molar-refractivity contribution in [2.75, 3.05) is 4.90 Å². The molecule has 0 N–H and O–H groups in total. The van der Waals surface area contributed by atoms with E-state index in [0.717, 1.165) is 50.9 Å². The lowest BCUT2D eigenvalue weighted by molar-refractivity contribution is -0.322. The molecule has 4 aromatic carbocycles. The first kappa shape index (κ1) is 28.0. The molecule has 0 amide bonds. The van der Waals surface area contributed by atoms with Gasteiger partial charge in [-0.05, 0) is 59.0 Å². The average molecular weight is 602 g/mol. The Balaban J connectivity index is 1.21. The van der Waals surface area contributed by atoms with Gasteiger partial charge in [-0.25, -0.2) is 4.98 Å². The fourth-order valence-corrected chi connectivity index (χ4v) is 6.61. The van der Waals surface area contributed by atoms with Gasteiger partial charge in [0, 0.05) is 46.0 Å². The summed E-state index contributed by atoms with van der Waals surface area (Å²) in [6.07, 6.45) is 9.26. The molecule has 0 saturated heterocycles. The van der Waals surface area contributed by atoms with Crippen molar-refractivity contribution in [3.05, 3.63) is 133 Å². The topological polar surface area (TPSA) is 45.7 Å². The van der Waals surface area contributed by atoms with Gasteiger partial charge in [0.25, 0.3) is 0 Å². The van der Waals surface area contributed by atoms with Gasteiger partial charge in [-0.2, -0.15) is 4.99 Å². The van der Waals surface area contributed by atoms with Crippen molar-refractivity contribution in [1.29, 1.82) is 0 Å². The molecule has 0 fully saturated rings. The summed E-state index contributed by atoms with van der Waals surface area (Å²) in [5.74, 6) is 3.33. The maximum absolute atomic E-state index is 6.59. The van der Waals surface area contributed by atoms with Gasteiger partial charge in [-0.15, -0.1) is 0 Å². The maximum Gasteiger partial charge on any atom is 0.198 e. The summed E-state index contributed by atoms with van der Waals surface area (Å²) >= 11 is 0. The van der Waals surface area contributed by atoms with Crippen molar-refractivity contribution in [2.45, 2.75) is 45.4 Å². The van der Waals surface area contributed by atoms with Crippen molar-refractivity contribution in [1.82, 2.24) is 9.55 Å². The number of aromatic nitrogens is 2. The van der Waals surface area contributed by atoms with Crippen LogP contribution in [0.1, 0.15) is 45.7 Å². The highest BCUT2D eigenvalue weighted by Gasteiger charge is 2.37. The molecule has 0 aliphatic carbocycles. The first-order valence-electron chi connectivity index (χ1n) is 15.7. The smallest absolute Gasteiger partial charge is 0.198 e. The van der Waals surface area contributed by atoms with Crippen LogP contribution in [0, 0.1) is 0 Å². The number of rotatable bonds is 4. The summed E-state index contributed by atoms with van der Waals surface area (Å²) < 4.78 is 10.8. The van der Waals surface area contributed by atoms with E-state index < -0.39 is 0 Å². The Morgan fingerprint density at radius 3 is 2.43 bits per heavy atom. The van der Waals surface area contributed by atoms with E-state index in [1.54, 1.807) is 0 Å². The van der Waals surface area contributed by atoms with Gasteiger partial charge < -0.3 is 14.2 Å². The van der Waals surface area contributed by atoms with Gasteiger partial charge in [-0.1, -0.05) is 89.2 Å². The van der Waals surface area contributed by atoms with E-state index in [0.29, 0.717) is 0 Å². The van der Waals surface area contributed by atoms with E-state index in [4.69, 9.17) is 14.7 Å². The van der Waals surface area contributed by atoms with Crippen molar-refractivity contribution < 1.29 is 9.31 Å². The summed E-state index contributed by atoms with van der Waals surface area (Å²) in [7, 11) is 0. The monoisotopic (exact) mass is 601 g/mol. The number of anilines is 2. The summed E-state index contributed by atoms with van der Waals surface area (Å²) in [5, 5.41) is 2.34. The minimum Gasteiger partial charge on any atom is -0.458 e. The lowest BCUT2D eigenvalue weighted by atomic mass is 9.82. The number of hydrogen-bond acceptors (Lipinski definition) is 4. The number of aliphatic imine (C=N–C) groups is 1. The van der Waals surface area contributed by atoms with E-state index in [-0.39, 0.29) is 10.8 Å². The molecular formula is C40H35N5O. The first-order chi connectivity index (χ1) is 22.2. The van der Waals surface area contributed by atoms with Crippen molar-refractivity contribution in [2.24, 2.45) is 4.99 Å². The molecule has 0 spiro atoms. The fraction of sp³-hybridized carbons (Fsp3) is 0.175. The summed E-state index contributed by atoms with van der Waals surface area (Å²) in [6, 6.07) is 35.7. The molecule has 6 aromatic rings. The zero-order valence-corrected chi connectivity index (χ0v) is 26.7. The van der Waals surface area contributed by atoms with Crippen LogP contribution in [-0.4, -0.2) is 26.3 Å². The standard InChI is InChI=1S/C40H35N5O/c1-39(2,3)27-19-20-41-37(23-27)45-34-15-8-6-13-31(34)32-18-17-30(25-36(32)45)46-29-12-10-11-28(24-29)44-26-43-22-21-42-38(43)40(4,5)33-14-7-9-16-35(33)44/h6-25H,1-5H3. The number of hydrogen-bond donors (Lipinski definition) is 0. The van der Waals surface area contributed by atoms with E-state index in [2.05, 4.69) is 135 Å². The van der Waals surface area contributed by atoms with E-state index in [1.807, 2.05) is 41.4 Å². The van der Waals surface area contributed by atoms with E-state index >= 15 is 0 Å². The third-order valence-corrected chi connectivity index (χ3v) is 9.02. The van der Waals surface area contributed by atoms with Crippen LogP contribution in [0.25, 0.3) is 27.6 Å².